The van der Waals surface area contributed by atoms with Crippen molar-refractivity contribution in [3.8, 4) is 0 Å². The molecule has 1 saturated heterocycles. The summed E-state index contributed by atoms with van der Waals surface area (Å²) in [6, 6.07) is 14.4. The minimum absolute atomic E-state index is 0.198. The standard InChI is InChI=1S/C19H18FN3O/c20-14-8-9-16-17(19(24)21-18(16)12-14)13-23(22-10-4-5-11-22)15-6-2-1-3-7-15/h1-3,6-9,12-13H,4-5,10-11H2,(H,21,24). The molecule has 4 nitrogen and oxygen atoms in total. The van der Waals surface area contributed by atoms with Crippen molar-refractivity contribution in [1.29, 1.82) is 0 Å². The van der Waals surface area contributed by atoms with Crippen LogP contribution in [0.25, 0.3) is 5.57 Å². The van der Waals surface area contributed by atoms with Gasteiger partial charge in [-0.3, -0.25) is 9.80 Å². The number of anilines is 2. The Morgan fingerprint density at radius 2 is 1.83 bits per heavy atom. The molecule has 122 valence electrons. The Labute approximate surface area is 140 Å². The lowest BCUT2D eigenvalue weighted by Crippen LogP contribution is -2.37. The van der Waals surface area contributed by atoms with Gasteiger partial charge < -0.3 is 5.32 Å². The van der Waals surface area contributed by atoms with Crippen LogP contribution in [0.3, 0.4) is 0 Å². The van der Waals surface area contributed by atoms with E-state index in [9.17, 15) is 9.18 Å². The van der Waals surface area contributed by atoms with Crippen LogP contribution < -0.4 is 10.3 Å². The van der Waals surface area contributed by atoms with E-state index in [1.165, 1.54) is 12.1 Å². The smallest absolute Gasteiger partial charge is 0.257 e. The van der Waals surface area contributed by atoms with Crippen molar-refractivity contribution in [2.45, 2.75) is 12.8 Å². The number of rotatable bonds is 3. The summed E-state index contributed by atoms with van der Waals surface area (Å²) in [5.74, 6) is -0.550. The molecule has 2 aliphatic heterocycles. The summed E-state index contributed by atoms with van der Waals surface area (Å²) in [6.45, 7) is 1.91. The summed E-state index contributed by atoms with van der Waals surface area (Å²) in [7, 11) is 0. The molecule has 0 unspecified atom stereocenters. The number of carbonyl (C=O) groups excluding carboxylic acids is 1. The van der Waals surface area contributed by atoms with Gasteiger partial charge in [0.1, 0.15) is 5.82 Å². The monoisotopic (exact) mass is 323 g/mol. The average molecular weight is 323 g/mol. The Hall–Kier alpha value is -2.66. The second kappa shape index (κ2) is 6.09. The van der Waals surface area contributed by atoms with Crippen molar-refractivity contribution in [3.63, 3.8) is 0 Å². The number of nitrogens with one attached hydrogen (secondary N) is 1. The Morgan fingerprint density at radius 1 is 1.08 bits per heavy atom. The summed E-state index contributed by atoms with van der Waals surface area (Å²) in [5.41, 5.74) is 2.83. The predicted molar refractivity (Wildman–Crippen MR) is 92.7 cm³/mol. The van der Waals surface area contributed by atoms with Gasteiger partial charge in [-0.05, 0) is 43.2 Å². The van der Waals surface area contributed by atoms with Crippen LogP contribution in [0.15, 0.2) is 54.7 Å². The first kappa shape index (κ1) is 14.9. The fraction of sp³-hybridized carbons (Fsp3) is 0.211. The summed E-state index contributed by atoms with van der Waals surface area (Å²) in [5, 5.41) is 7.02. The second-order valence-corrected chi connectivity index (χ2v) is 6.03. The molecule has 24 heavy (non-hydrogen) atoms. The van der Waals surface area contributed by atoms with Gasteiger partial charge in [0.25, 0.3) is 5.91 Å². The molecule has 2 aromatic carbocycles. The number of amides is 1. The van der Waals surface area contributed by atoms with Gasteiger partial charge in [-0.25, -0.2) is 9.40 Å². The number of hydrogen-bond acceptors (Lipinski definition) is 3. The van der Waals surface area contributed by atoms with E-state index in [-0.39, 0.29) is 11.7 Å². The van der Waals surface area contributed by atoms with E-state index in [1.807, 2.05) is 41.5 Å². The highest BCUT2D eigenvalue weighted by Gasteiger charge is 2.27. The van der Waals surface area contributed by atoms with Crippen LogP contribution >= 0.6 is 0 Å². The van der Waals surface area contributed by atoms with Crippen molar-refractivity contribution in [3.05, 3.63) is 66.1 Å². The maximum atomic E-state index is 13.4. The maximum Gasteiger partial charge on any atom is 0.257 e. The van der Waals surface area contributed by atoms with Gasteiger partial charge in [-0.15, -0.1) is 0 Å². The molecule has 0 aromatic heterocycles. The van der Waals surface area contributed by atoms with Crippen LogP contribution in [-0.2, 0) is 4.79 Å². The normalized spacial score (nSPS) is 18.7. The fourth-order valence-electron chi connectivity index (χ4n) is 3.23. The molecule has 1 fully saturated rings. The first-order chi connectivity index (χ1) is 11.7. The largest absolute Gasteiger partial charge is 0.321 e. The van der Waals surface area contributed by atoms with Gasteiger partial charge >= 0.3 is 0 Å². The lowest BCUT2D eigenvalue weighted by Gasteiger charge is -2.31. The molecule has 0 saturated carbocycles. The molecule has 1 N–H and O–H groups in total. The van der Waals surface area contributed by atoms with Gasteiger partial charge in [-0.2, -0.15) is 0 Å². The van der Waals surface area contributed by atoms with E-state index in [0.29, 0.717) is 11.3 Å². The molecule has 1 amide bonds. The zero-order valence-electron chi connectivity index (χ0n) is 13.2. The van der Waals surface area contributed by atoms with Crippen LogP contribution in [0.2, 0.25) is 0 Å². The van der Waals surface area contributed by atoms with Gasteiger partial charge in [-0.1, -0.05) is 18.2 Å². The number of benzene rings is 2. The van der Waals surface area contributed by atoms with Gasteiger partial charge in [0, 0.05) is 24.9 Å². The zero-order valence-corrected chi connectivity index (χ0v) is 13.2. The van der Waals surface area contributed by atoms with Crippen molar-refractivity contribution in [2.24, 2.45) is 0 Å². The average Bonchev–Trinajstić information content (AvgIpc) is 3.21. The zero-order chi connectivity index (χ0) is 16.5. The third-order valence-electron chi connectivity index (χ3n) is 4.42. The minimum Gasteiger partial charge on any atom is -0.321 e. The van der Waals surface area contributed by atoms with Crippen molar-refractivity contribution in [2.75, 3.05) is 23.4 Å². The van der Waals surface area contributed by atoms with Crippen LogP contribution in [-0.4, -0.2) is 24.0 Å². The number of carbonyl (C=O) groups is 1. The van der Waals surface area contributed by atoms with Crippen LogP contribution in [0, 0.1) is 5.82 Å². The van der Waals surface area contributed by atoms with Crippen molar-refractivity contribution in [1.82, 2.24) is 5.01 Å². The molecule has 5 heteroatoms. The number of para-hydroxylation sites is 1. The van der Waals surface area contributed by atoms with E-state index < -0.39 is 0 Å². The first-order valence-corrected chi connectivity index (χ1v) is 8.14. The third kappa shape index (κ3) is 2.67. The van der Waals surface area contributed by atoms with Crippen molar-refractivity contribution < 1.29 is 9.18 Å². The fourth-order valence-corrected chi connectivity index (χ4v) is 3.23. The second-order valence-electron chi connectivity index (χ2n) is 6.03. The summed E-state index contributed by atoms with van der Waals surface area (Å²) in [4.78, 5) is 12.4. The maximum absolute atomic E-state index is 13.4. The van der Waals surface area contributed by atoms with E-state index in [4.69, 9.17) is 0 Å². The lowest BCUT2D eigenvalue weighted by molar-refractivity contribution is -0.110. The van der Waals surface area contributed by atoms with E-state index in [1.54, 1.807) is 6.07 Å². The Kier molecular flexibility index (Phi) is 3.78. The molecule has 0 atom stereocenters. The minimum atomic E-state index is -0.352. The quantitative estimate of drug-likeness (QED) is 0.876. The van der Waals surface area contributed by atoms with Gasteiger partial charge in [0.05, 0.1) is 16.9 Å². The van der Waals surface area contributed by atoms with Gasteiger partial charge in [0.15, 0.2) is 0 Å². The SMILES string of the molecule is O=C1Nc2cc(F)ccc2C1=CN(c1ccccc1)N1CCCC1. The van der Waals surface area contributed by atoms with Crippen LogP contribution in [0.5, 0.6) is 0 Å². The third-order valence-corrected chi connectivity index (χ3v) is 4.42. The first-order valence-electron chi connectivity index (χ1n) is 8.14. The summed E-state index contributed by atoms with van der Waals surface area (Å²) < 4.78 is 13.4. The molecular formula is C19H18FN3O. The summed E-state index contributed by atoms with van der Waals surface area (Å²) in [6.07, 6.45) is 4.14. The molecule has 4 rings (SSSR count). The Morgan fingerprint density at radius 3 is 2.58 bits per heavy atom. The summed E-state index contributed by atoms with van der Waals surface area (Å²) >= 11 is 0. The molecule has 0 spiro atoms. The van der Waals surface area contributed by atoms with Gasteiger partial charge in [0.2, 0.25) is 0 Å². The molecule has 0 aliphatic carbocycles. The highest BCUT2D eigenvalue weighted by Crippen LogP contribution is 2.34. The molecule has 0 radical (unpaired) electrons. The van der Waals surface area contributed by atoms with Crippen molar-refractivity contribution >= 4 is 22.9 Å². The number of hydrogen-bond donors (Lipinski definition) is 1. The van der Waals surface area contributed by atoms with E-state index >= 15 is 0 Å². The van der Waals surface area contributed by atoms with E-state index in [2.05, 4.69) is 10.3 Å². The highest BCUT2D eigenvalue weighted by atomic mass is 19.1. The topological polar surface area (TPSA) is 35.6 Å². The van der Waals surface area contributed by atoms with Crippen LogP contribution in [0.1, 0.15) is 18.4 Å². The Bertz CT molecular complexity index is 798. The number of hydrazine groups is 1. The molecular weight excluding hydrogens is 305 g/mol. The number of halogens is 1. The number of nitrogens with zero attached hydrogens (tertiary/aromatic N) is 2. The van der Waals surface area contributed by atoms with Crippen LogP contribution in [0.4, 0.5) is 15.8 Å². The molecule has 2 heterocycles. The predicted octanol–water partition coefficient (Wildman–Crippen LogP) is 3.64. The highest BCUT2D eigenvalue weighted by molar-refractivity contribution is 6.31. The number of fused-ring (bicyclic) bond motifs is 1. The van der Waals surface area contributed by atoms with E-state index in [0.717, 1.165) is 37.2 Å². The molecule has 2 aliphatic rings. The molecule has 2 aromatic rings. The Balaban J connectivity index is 1.77. The molecule has 0 bridgehead atoms. The lowest BCUT2D eigenvalue weighted by atomic mass is 10.1.